The third kappa shape index (κ3) is 3.97. The minimum Gasteiger partial charge on any atom is -0.348 e. The van der Waals surface area contributed by atoms with Gasteiger partial charge in [0.15, 0.2) is 0 Å². The molecule has 2 aromatic rings. The first-order chi connectivity index (χ1) is 11.6. The van der Waals surface area contributed by atoms with E-state index in [4.69, 9.17) is 11.6 Å². The summed E-state index contributed by atoms with van der Waals surface area (Å²) >= 11 is 6.21. The second kappa shape index (κ2) is 7.82. The number of nitrogens with one attached hydrogen (secondary N) is 2. The molecule has 0 radical (unpaired) electrons. The van der Waals surface area contributed by atoms with E-state index in [2.05, 4.69) is 28.8 Å². The number of carbonyl (C=O) groups excluding carboxylic acids is 1. The fourth-order valence-electron chi connectivity index (χ4n) is 3.33. The van der Waals surface area contributed by atoms with E-state index in [-0.39, 0.29) is 24.5 Å². The Bertz CT molecular complexity index is 716. The van der Waals surface area contributed by atoms with Crippen LogP contribution in [0.4, 0.5) is 0 Å². The van der Waals surface area contributed by atoms with Crippen LogP contribution < -0.4 is 10.6 Å². The Balaban J connectivity index is 1.56. The van der Waals surface area contributed by atoms with Gasteiger partial charge in [0.1, 0.15) is 0 Å². The molecule has 1 aliphatic rings. The topological polar surface area (TPSA) is 41.1 Å². The summed E-state index contributed by atoms with van der Waals surface area (Å²) in [4.78, 5) is 12.3. The number of fused-ring (bicyclic) bond motifs is 1. The lowest BCUT2D eigenvalue weighted by molar-refractivity contribution is -0.121. The van der Waals surface area contributed by atoms with Crippen molar-refractivity contribution in [3.8, 4) is 0 Å². The minimum atomic E-state index is 0.0237. The predicted molar refractivity (Wildman–Crippen MR) is 98.1 cm³/mol. The third-order valence-electron chi connectivity index (χ3n) is 4.65. The lowest BCUT2D eigenvalue weighted by Gasteiger charge is -2.26. The van der Waals surface area contributed by atoms with Crippen molar-refractivity contribution in [2.75, 3.05) is 6.54 Å². The first-order valence-electron chi connectivity index (χ1n) is 8.50. The monoisotopic (exact) mass is 342 g/mol. The lowest BCUT2D eigenvalue weighted by Crippen LogP contribution is -2.38. The molecule has 0 aromatic heterocycles. The summed E-state index contributed by atoms with van der Waals surface area (Å²) in [6.07, 6.45) is 3.22. The highest BCUT2D eigenvalue weighted by molar-refractivity contribution is 6.31. The van der Waals surface area contributed by atoms with Gasteiger partial charge in [-0.2, -0.15) is 0 Å². The number of hydrogen-bond donors (Lipinski definition) is 2. The Labute approximate surface area is 148 Å². The van der Waals surface area contributed by atoms with Crippen molar-refractivity contribution in [2.24, 2.45) is 0 Å². The normalized spacial score (nSPS) is 17.8. The van der Waals surface area contributed by atoms with Crippen molar-refractivity contribution >= 4 is 17.5 Å². The second-order valence-electron chi connectivity index (χ2n) is 6.34. The zero-order valence-corrected chi connectivity index (χ0v) is 14.6. The Morgan fingerprint density at radius 1 is 1.21 bits per heavy atom. The highest BCUT2D eigenvalue weighted by Crippen LogP contribution is 2.29. The molecule has 3 rings (SSSR count). The Hall–Kier alpha value is -1.84. The van der Waals surface area contributed by atoms with Crippen LogP contribution in [0, 0.1) is 0 Å². The second-order valence-corrected chi connectivity index (χ2v) is 6.74. The van der Waals surface area contributed by atoms with Crippen LogP contribution in [0.1, 0.15) is 48.5 Å². The van der Waals surface area contributed by atoms with E-state index in [9.17, 15) is 4.79 Å². The molecular weight excluding hydrogens is 320 g/mol. The van der Waals surface area contributed by atoms with Crippen LogP contribution >= 0.6 is 11.6 Å². The van der Waals surface area contributed by atoms with Gasteiger partial charge in [-0.3, -0.25) is 4.79 Å². The van der Waals surface area contributed by atoms with Gasteiger partial charge in [-0.15, -0.1) is 0 Å². The molecule has 126 valence electrons. The Morgan fingerprint density at radius 3 is 2.79 bits per heavy atom. The van der Waals surface area contributed by atoms with Crippen molar-refractivity contribution in [3.63, 3.8) is 0 Å². The number of carbonyl (C=O) groups is 1. The molecule has 0 heterocycles. The molecule has 0 aliphatic heterocycles. The molecule has 0 unspecified atom stereocenters. The van der Waals surface area contributed by atoms with Crippen LogP contribution in [0.3, 0.4) is 0 Å². The first kappa shape index (κ1) is 17.0. The number of amides is 1. The van der Waals surface area contributed by atoms with Gasteiger partial charge in [0.05, 0.1) is 12.6 Å². The van der Waals surface area contributed by atoms with E-state index in [1.807, 2.05) is 37.3 Å². The van der Waals surface area contributed by atoms with Gasteiger partial charge < -0.3 is 10.6 Å². The van der Waals surface area contributed by atoms with Gasteiger partial charge in [-0.25, -0.2) is 0 Å². The van der Waals surface area contributed by atoms with E-state index in [0.29, 0.717) is 0 Å². The molecule has 24 heavy (non-hydrogen) atoms. The molecule has 1 aliphatic carbocycles. The standard InChI is InChI=1S/C20H23ClN2O/c1-14(16-9-4-5-11-18(16)21)22-13-20(24)23-19-12-6-8-15-7-2-3-10-17(15)19/h2-5,7,9-11,14,19,22H,6,8,12-13H2,1H3,(H,23,24)/t14-,19+/m0/s1. The number of benzene rings is 2. The van der Waals surface area contributed by atoms with Crippen molar-refractivity contribution in [1.29, 1.82) is 0 Å². The van der Waals surface area contributed by atoms with E-state index in [1.54, 1.807) is 0 Å². The summed E-state index contributed by atoms with van der Waals surface area (Å²) in [6, 6.07) is 16.3. The summed E-state index contributed by atoms with van der Waals surface area (Å²) in [5, 5.41) is 7.14. The molecule has 2 aromatic carbocycles. The maximum Gasteiger partial charge on any atom is 0.234 e. The highest BCUT2D eigenvalue weighted by atomic mass is 35.5. The van der Waals surface area contributed by atoms with Gasteiger partial charge in [0.2, 0.25) is 5.91 Å². The Kier molecular flexibility index (Phi) is 5.54. The molecule has 0 saturated carbocycles. The van der Waals surface area contributed by atoms with Crippen LogP contribution in [-0.2, 0) is 11.2 Å². The van der Waals surface area contributed by atoms with Gasteiger partial charge >= 0.3 is 0 Å². The van der Waals surface area contributed by atoms with E-state index >= 15 is 0 Å². The van der Waals surface area contributed by atoms with Crippen molar-refractivity contribution in [1.82, 2.24) is 10.6 Å². The lowest BCUT2D eigenvalue weighted by atomic mass is 9.88. The maximum absolute atomic E-state index is 12.3. The zero-order chi connectivity index (χ0) is 16.9. The minimum absolute atomic E-state index is 0.0237. The smallest absolute Gasteiger partial charge is 0.234 e. The van der Waals surface area contributed by atoms with Gasteiger partial charge in [0, 0.05) is 11.1 Å². The quantitative estimate of drug-likeness (QED) is 0.855. The molecule has 3 nitrogen and oxygen atoms in total. The van der Waals surface area contributed by atoms with E-state index in [1.165, 1.54) is 11.1 Å². The number of rotatable bonds is 5. The van der Waals surface area contributed by atoms with Gasteiger partial charge in [0.25, 0.3) is 0 Å². The van der Waals surface area contributed by atoms with Crippen LogP contribution in [0.5, 0.6) is 0 Å². The summed E-state index contributed by atoms with van der Waals surface area (Å²) in [5.41, 5.74) is 3.62. The summed E-state index contributed by atoms with van der Waals surface area (Å²) in [7, 11) is 0. The van der Waals surface area contributed by atoms with Gasteiger partial charge in [-0.1, -0.05) is 54.1 Å². The average Bonchev–Trinajstić information content (AvgIpc) is 2.60. The molecule has 4 heteroatoms. The summed E-state index contributed by atoms with van der Waals surface area (Å²) < 4.78 is 0. The molecule has 0 spiro atoms. The zero-order valence-electron chi connectivity index (χ0n) is 13.9. The maximum atomic E-state index is 12.3. The van der Waals surface area contributed by atoms with Crippen LogP contribution in [0.2, 0.25) is 5.02 Å². The molecule has 0 fully saturated rings. The molecular formula is C20H23ClN2O. The fourth-order valence-corrected chi connectivity index (χ4v) is 3.63. The van der Waals surface area contributed by atoms with E-state index < -0.39 is 0 Å². The Morgan fingerprint density at radius 2 is 1.96 bits per heavy atom. The van der Waals surface area contributed by atoms with Crippen LogP contribution in [0.15, 0.2) is 48.5 Å². The van der Waals surface area contributed by atoms with Crippen molar-refractivity contribution in [3.05, 3.63) is 70.2 Å². The first-order valence-corrected chi connectivity index (χ1v) is 8.88. The van der Waals surface area contributed by atoms with Crippen LogP contribution in [-0.4, -0.2) is 12.5 Å². The van der Waals surface area contributed by atoms with Crippen molar-refractivity contribution < 1.29 is 4.79 Å². The third-order valence-corrected chi connectivity index (χ3v) is 4.99. The SMILES string of the molecule is C[C@H](NCC(=O)N[C@@H]1CCCc2ccccc21)c1ccccc1Cl. The molecule has 2 N–H and O–H groups in total. The van der Waals surface area contributed by atoms with E-state index in [0.717, 1.165) is 29.8 Å². The summed E-state index contributed by atoms with van der Waals surface area (Å²) in [6.45, 7) is 2.30. The summed E-state index contributed by atoms with van der Waals surface area (Å²) in [5.74, 6) is 0.0237. The van der Waals surface area contributed by atoms with Crippen LogP contribution in [0.25, 0.3) is 0 Å². The molecule has 0 saturated heterocycles. The average molecular weight is 343 g/mol. The largest absolute Gasteiger partial charge is 0.348 e. The predicted octanol–water partition coefficient (Wildman–Crippen LogP) is 4.18. The molecule has 1 amide bonds. The fraction of sp³-hybridized carbons (Fsp3) is 0.350. The number of halogens is 1. The number of hydrogen-bond acceptors (Lipinski definition) is 2. The molecule has 2 atom stereocenters. The molecule has 0 bridgehead atoms. The van der Waals surface area contributed by atoms with Crippen molar-refractivity contribution in [2.45, 2.75) is 38.3 Å². The van der Waals surface area contributed by atoms with Gasteiger partial charge in [-0.05, 0) is 48.9 Å². The number of aryl methyl sites for hydroxylation is 1. The highest BCUT2D eigenvalue weighted by Gasteiger charge is 2.21.